The fourth-order valence-electron chi connectivity index (χ4n) is 3.13. The molecular weight excluding hydrogens is 270 g/mol. The Morgan fingerprint density at radius 2 is 1.21 bits per heavy atom. The fraction of sp³-hybridized carbons (Fsp3) is 1.00. The Balaban J connectivity index is 5.02. The third-order valence-electron chi connectivity index (χ3n) is 4.40. The number of rotatable bonds is 11. The number of nitrogens with zero attached hydrogens (tertiary/aromatic N) is 1. The lowest BCUT2D eigenvalue weighted by Gasteiger charge is -2.43. The Hall–Kier alpha value is 0.314. The molecule has 0 N–H and O–H groups in total. The first kappa shape index (κ1) is 19.3. The van der Waals surface area contributed by atoms with Crippen LogP contribution in [0.2, 0.25) is 24.7 Å². The van der Waals surface area contributed by atoms with Gasteiger partial charge in [-0.15, -0.1) is 0 Å². The van der Waals surface area contributed by atoms with E-state index in [0.29, 0.717) is 0 Å². The zero-order chi connectivity index (χ0) is 14.9. The molecule has 0 aliphatic rings. The Morgan fingerprint density at radius 3 is 1.47 bits per heavy atom. The predicted molar refractivity (Wildman–Crippen MR) is 89.3 cm³/mol. The summed E-state index contributed by atoms with van der Waals surface area (Å²) < 4.78 is 14.8. The highest BCUT2D eigenvalue weighted by molar-refractivity contribution is 6.78. The van der Waals surface area contributed by atoms with Crippen molar-refractivity contribution in [3.05, 3.63) is 0 Å². The summed E-state index contributed by atoms with van der Waals surface area (Å²) in [6.07, 6.45) is 1.03. The molecule has 0 aromatic rings. The quantitative estimate of drug-likeness (QED) is 0.539. The molecule has 0 heterocycles. The van der Waals surface area contributed by atoms with E-state index in [0.717, 1.165) is 25.9 Å². The van der Waals surface area contributed by atoms with Crippen molar-refractivity contribution in [3.63, 3.8) is 0 Å². The Kier molecular flexibility index (Phi) is 9.44. The summed E-state index contributed by atoms with van der Waals surface area (Å²) in [6.45, 7) is 18.4. The molecule has 0 aromatic heterocycles. The summed E-state index contributed by atoms with van der Waals surface area (Å²) in [5.74, 6) is 0. The smallest absolute Gasteiger partial charge is 0.348 e. The van der Waals surface area contributed by atoms with Crippen LogP contribution in [-0.4, -0.2) is 47.3 Å². The first-order valence-corrected chi connectivity index (χ1v) is 13.1. The molecule has 0 rings (SSSR count). The molecule has 0 aliphatic heterocycles. The minimum atomic E-state index is -2.03. The van der Waals surface area contributed by atoms with Crippen LogP contribution in [0.15, 0.2) is 0 Å². The second-order valence-corrected chi connectivity index (χ2v) is 13.7. The summed E-state index contributed by atoms with van der Waals surface area (Å²) in [7, 11) is -3.34. The first-order valence-electron chi connectivity index (χ1n) is 8.00. The minimum absolute atomic E-state index is 0.763. The first-order chi connectivity index (χ1) is 8.97. The molecule has 0 saturated heterocycles. The van der Waals surface area contributed by atoms with Gasteiger partial charge in [0.05, 0.1) is 0 Å². The molecule has 3 nitrogen and oxygen atoms in total. The maximum absolute atomic E-state index is 6.03. The number of hydrogen-bond donors (Lipinski definition) is 0. The van der Waals surface area contributed by atoms with Crippen LogP contribution in [0.25, 0.3) is 0 Å². The van der Waals surface area contributed by atoms with E-state index in [9.17, 15) is 0 Å². The third-order valence-corrected chi connectivity index (χ3v) is 13.2. The van der Waals surface area contributed by atoms with E-state index < -0.39 is 16.8 Å². The van der Waals surface area contributed by atoms with Crippen LogP contribution in [0.3, 0.4) is 0 Å². The Bertz CT molecular complexity index is 221. The molecule has 5 heteroatoms. The Morgan fingerprint density at radius 1 is 0.789 bits per heavy atom. The highest BCUT2D eigenvalue weighted by Crippen LogP contribution is 2.26. The fourth-order valence-corrected chi connectivity index (χ4v) is 11.2. The van der Waals surface area contributed by atoms with E-state index in [4.69, 9.17) is 8.85 Å². The standard InChI is InChI=1S/C14H35NO2Si2/c1-8-15(19(11-4,12-5)13-6)14-18(7,16-9-2)17-10-3/h8-14H2,1-7H3. The van der Waals surface area contributed by atoms with E-state index in [1.807, 2.05) is 0 Å². The summed E-state index contributed by atoms with van der Waals surface area (Å²) in [6, 6.07) is 3.99. The van der Waals surface area contributed by atoms with Gasteiger partial charge in [-0.1, -0.05) is 27.7 Å². The monoisotopic (exact) mass is 305 g/mol. The zero-order valence-corrected chi connectivity index (χ0v) is 16.2. The van der Waals surface area contributed by atoms with Crippen molar-refractivity contribution >= 4 is 16.8 Å². The molecule has 0 aromatic carbocycles. The molecule has 0 fully saturated rings. The van der Waals surface area contributed by atoms with Crippen LogP contribution in [0.1, 0.15) is 41.5 Å². The van der Waals surface area contributed by atoms with Crippen molar-refractivity contribution in [1.82, 2.24) is 4.57 Å². The molecule has 0 saturated carbocycles. The van der Waals surface area contributed by atoms with Gasteiger partial charge in [0, 0.05) is 19.4 Å². The van der Waals surface area contributed by atoms with Gasteiger partial charge in [-0.05, 0) is 45.1 Å². The van der Waals surface area contributed by atoms with Gasteiger partial charge in [0.25, 0.3) is 0 Å². The molecule has 0 unspecified atom stereocenters. The van der Waals surface area contributed by atoms with Crippen molar-refractivity contribution in [3.8, 4) is 0 Å². The van der Waals surface area contributed by atoms with Crippen LogP contribution in [-0.2, 0) is 8.85 Å². The maximum atomic E-state index is 6.03. The van der Waals surface area contributed by atoms with Crippen molar-refractivity contribution in [2.24, 2.45) is 0 Å². The van der Waals surface area contributed by atoms with Gasteiger partial charge in [-0.3, -0.25) is 0 Å². The van der Waals surface area contributed by atoms with E-state index in [2.05, 4.69) is 52.7 Å². The van der Waals surface area contributed by atoms with Crippen LogP contribution >= 0.6 is 0 Å². The highest BCUT2D eigenvalue weighted by Gasteiger charge is 2.41. The average Bonchev–Trinajstić information content (AvgIpc) is 2.40. The van der Waals surface area contributed by atoms with E-state index >= 15 is 0 Å². The van der Waals surface area contributed by atoms with E-state index in [1.54, 1.807) is 0 Å². The molecule has 0 amide bonds. The van der Waals surface area contributed by atoms with Gasteiger partial charge in [0.2, 0.25) is 0 Å². The second kappa shape index (κ2) is 9.29. The molecule has 0 aliphatic carbocycles. The van der Waals surface area contributed by atoms with Gasteiger partial charge in [0.15, 0.2) is 0 Å². The van der Waals surface area contributed by atoms with E-state index in [-0.39, 0.29) is 0 Å². The minimum Gasteiger partial charge on any atom is -0.394 e. The van der Waals surface area contributed by atoms with Gasteiger partial charge in [-0.25, -0.2) is 0 Å². The summed E-state index contributed by atoms with van der Waals surface area (Å²) in [5, 5.41) is 0. The van der Waals surface area contributed by atoms with Crippen LogP contribution < -0.4 is 0 Å². The summed E-state index contributed by atoms with van der Waals surface area (Å²) in [5.41, 5.74) is 0. The molecule has 0 spiro atoms. The third kappa shape index (κ3) is 5.30. The molecule has 0 atom stereocenters. The van der Waals surface area contributed by atoms with Crippen molar-refractivity contribution < 1.29 is 8.85 Å². The molecule has 0 radical (unpaired) electrons. The van der Waals surface area contributed by atoms with Crippen molar-refractivity contribution in [2.45, 2.75) is 66.2 Å². The van der Waals surface area contributed by atoms with Crippen LogP contribution in [0.5, 0.6) is 0 Å². The van der Waals surface area contributed by atoms with Crippen molar-refractivity contribution in [2.75, 3.05) is 25.9 Å². The highest BCUT2D eigenvalue weighted by atomic mass is 28.4. The lowest BCUT2D eigenvalue weighted by Crippen LogP contribution is -2.60. The van der Waals surface area contributed by atoms with Gasteiger partial charge < -0.3 is 13.4 Å². The average molecular weight is 306 g/mol. The maximum Gasteiger partial charge on any atom is 0.348 e. The Labute approximate surface area is 123 Å². The SMILES string of the molecule is CCO[Si](C)(CN(CC)[Si](CC)(CC)CC)OCC. The van der Waals surface area contributed by atoms with Crippen molar-refractivity contribution in [1.29, 1.82) is 0 Å². The second-order valence-electron chi connectivity index (χ2n) is 5.30. The lowest BCUT2D eigenvalue weighted by molar-refractivity contribution is 0.178. The van der Waals surface area contributed by atoms with E-state index in [1.165, 1.54) is 18.1 Å². The van der Waals surface area contributed by atoms with Crippen LogP contribution in [0.4, 0.5) is 0 Å². The summed E-state index contributed by atoms with van der Waals surface area (Å²) >= 11 is 0. The molecule has 116 valence electrons. The molecule has 19 heavy (non-hydrogen) atoms. The van der Waals surface area contributed by atoms with Gasteiger partial charge in [0.1, 0.15) is 8.24 Å². The van der Waals surface area contributed by atoms with Gasteiger partial charge >= 0.3 is 8.56 Å². The predicted octanol–water partition coefficient (Wildman–Crippen LogP) is 4.00. The largest absolute Gasteiger partial charge is 0.394 e. The zero-order valence-electron chi connectivity index (χ0n) is 14.2. The molecule has 0 bridgehead atoms. The summed E-state index contributed by atoms with van der Waals surface area (Å²) in [4.78, 5) is 0. The number of hydrogen-bond acceptors (Lipinski definition) is 3. The lowest BCUT2D eigenvalue weighted by atomic mass is 10.8. The molecular formula is C14H35NO2Si2. The topological polar surface area (TPSA) is 21.7 Å². The van der Waals surface area contributed by atoms with Gasteiger partial charge in [-0.2, -0.15) is 0 Å². The normalized spacial score (nSPS) is 13.3. The van der Waals surface area contributed by atoms with Crippen LogP contribution in [0, 0.1) is 0 Å².